The molecule has 1 aliphatic rings. The molecule has 1 fully saturated rings. The van der Waals surface area contributed by atoms with E-state index in [0.29, 0.717) is 58.8 Å². The monoisotopic (exact) mass is 727 g/mol. The van der Waals surface area contributed by atoms with Gasteiger partial charge in [-0.05, 0) is 83.8 Å². The summed E-state index contributed by atoms with van der Waals surface area (Å²) in [6, 6.07) is 30.6. The Morgan fingerprint density at radius 1 is 0.780 bits per heavy atom. The molecular formula is C40H36Cl3N3O4. The lowest BCUT2D eigenvalue weighted by Crippen LogP contribution is -2.47. The molecule has 1 aliphatic heterocycles. The van der Waals surface area contributed by atoms with Crippen molar-refractivity contribution in [1.82, 2.24) is 14.8 Å². The van der Waals surface area contributed by atoms with Crippen LogP contribution in [0.3, 0.4) is 0 Å². The second-order valence-corrected chi connectivity index (χ2v) is 13.2. The highest BCUT2D eigenvalue weighted by Gasteiger charge is 2.20. The number of rotatable bonds is 12. The first-order valence-corrected chi connectivity index (χ1v) is 17.4. The quantitative estimate of drug-likeness (QED) is 0.119. The smallest absolute Gasteiger partial charge is 0.246 e. The summed E-state index contributed by atoms with van der Waals surface area (Å²) in [5, 5.41) is 1.76. The van der Waals surface area contributed by atoms with Gasteiger partial charge in [0.15, 0.2) is 5.75 Å². The molecule has 0 saturated carbocycles. The lowest BCUT2D eigenvalue weighted by molar-refractivity contribution is -0.127. The first kappa shape index (κ1) is 35.3. The molecule has 0 bridgehead atoms. The van der Waals surface area contributed by atoms with E-state index in [1.54, 1.807) is 36.5 Å². The zero-order valence-corrected chi connectivity index (χ0v) is 29.8. The number of nitrogens with zero attached hydrogens (tertiary/aromatic N) is 3. The second-order valence-electron chi connectivity index (χ2n) is 12.0. The van der Waals surface area contributed by atoms with E-state index in [1.807, 2.05) is 66.4 Å². The molecule has 0 aliphatic carbocycles. The highest BCUT2D eigenvalue weighted by Crippen LogP contribution is 2.34. The Bertz CT molecular complexity index is 1900. The van der Waals surface area contributed by atoms with Crippen LogP contribution in [0.4, 0.5) is 0 Å². The SMILES string of the molecule is Cc1cc(C=CC(=O)N2CCN(Cc3ccc(COc4ccc(Cl)cc4)cc3)CC2)cc(Cl)c1Oc1ccc(OCc2ccccc2Cl)cn1. The third kappa shape index (κ3) is 9.79. The molecule has 2 heterocycles. The molecule has 7 nitrogen and oxygen atoms in total. The molecule has 4 aromatic carbocycles. The molecule has 0 N–H and O–H groups in total. The van der Waals surface area contributed by atoms with Crippen molar-refractivity contribution in [3.05, 3.63) is 152 Å². The molecular weight excluding hydrogens is 693 g/mol. The lowest BCUT2D eigenvalue weighted by Gasteiger charge is -2.34. The minimum absolute atomic E-state index is 0.0233. The summed E-state index contributed by atoms with van der Waals surface area (Å²) in [6.45, 7) is 6.51. The zero-order chi connectivity index (χ0) is 34.9. The molecule has 256 valence electrons. The Hall–Kier alpha value is -4.53. The predicted molar refractivity (Wildman–Crippen MR) is 199 cm³/mol. The Labute approximate surface area is 307 Å². The number of ether oxygens (including phenoxy) is 3. The van der Waals surface area contributed by atoms with Crippen molar-refractivity contribution >= 4 is 46.8 Å². The second kappa shape index (κ2) is 16.9. The minimum Gasteiger partial charge on any atom is -0.489 e. The highest BCUT2D eigenvalue weighted by atomic mass is 35.5. The van der Waals surface area contributed by atoms with Crippen LogP contribution < -0.4 is 14.2 Å². The van der Waals surface area contributed by atoms with E-state index < -0.39 is 0 Å². The van der Waals surface area contributed by atoms with Gasteiger partial charge in [-0.3, -0.25) is 9.69 Å². The number of amides is 1. The maximum Gasteiger partial charge on any atom is 0.246 e. The van der Waals surface area contributed by atoms with Gasteiger partial charge in [0.05, 0.1) is 11.2 Å². The van der Waals surface area contributed by atoms with Gasteiger partial charge in [0.1, 0.15) is 24.7 Å². The average Bonchev–Trinajstić information content (AvgIpc) is 3.13. The number of carbonyl (C=O) groups excluding carboxylic acids is 1. The average molecular weight is 729 g/mol. The standard InChI is InChI=1S/C40H36Cl3N3O4/c1-28-22-31(23-37(43)40(28)50-38-16-15-35(24-44-38)49-27-32-4-2-3-5-36(32)42)10-17-39(47)46-20-18-45(19-21-46)25-29-6-8-30(9-7-29)26-48-34-13-11-33(41)12-14-34/h2-17,22-24H,18-21,25-27H2,1H3. The van der Waals surface area contributed by atoms with Crippen LogP contribution in [-0.4, -0.2) is 46.9 Å². The summed E-state index contributed by atoms with van der Waals surface area (Å²) in [7, 11) is 0. The van der Waals surface area contributed by atoms with Crippen LogP contribution in [0.25, 0.3) is 6.08 Å². The van der Waals surface area contributed by atoms with E-state index in [0.717, 1.165) is 47.6 Å². The molecule has 0 atom stereocenters. The molecule has 5 aromatic rings. The normalized spacial score (nSPS) is 13.4. The minimum atomic E-state index is -0.0233. The van der Waals surface area contributed by atoms with Crippen molar-refractivity contribution in [2.75, 3.05) is 26.2 Å². The van der Waals surface area contributed by atoms with Crippen molar-refractivity contribution in [3.8, 4) is 23.1 Å². The Kier molecular flexibility index (Phi) is 11.9. The third-order valence-electron chi connectivity index (χ3n) is 8.27. The highest BCUT2D eigenvalue weighted by molar-refractivity contribution is 6.32. The van der Waals surface area contributed by atoms with Crippen LogP contribution in [0.15, 0.2) is 109 Å². The summed E-state index contributed by atoms with van der Waals surface area (Å²) in [4.78, 5) is 21.6. The van der Waals surface area contributed by atoms with Crippen molar-refractivity contribution in [1.29, 1.82) is 0 Å². The van der Waals surface area contributed by atoms with Gasteiger partial charge >= 0.3 is 0 Å². The maximum absolute atomic E-state index is 13.0. The zero-order valence-electron chi connectivity index (χ0n) is 27.5. The van der Waals surface area contributed by atoms with Gasteiger partial charge in [0.25, 0.3) is 0 Å². The van der Waals surface area contributed by atoms with Crippen molar-refractivity contribution < 1.29 is 19.0 Å². The Morgan fingerprint density at radius 2 is 1.48 bits per heavy atom. The number of hydrogen-bond donors (Lipinski definition) is 0. The van der Waals surface area contributed by atoms with Gasteiger partial charge in [-0.2, -0.15) is 0 Å². The van der Waals surface area contributed by atoms with Crippen LogP contribution in [0.1, 0.15) is 27.8 Å². The van der Waals surface area contributed by atoms with Crippen molar-refractivity contribution in [2.45, 2.75) is 26.7 Å². The van der Waals surface area contributed by atoms with Crippen LogP contribution in [0, 0.1) is 6.92 Å². The first-order valence-electron chi connectivity index (χ1n) is 16.2. The predicted octanol–water partition coefficient (Wildman–Crippen LogP) is 9.66. The number of aryl methyl sites for hydroxylation is 1. The molecule has 10 heteroatoms. The fourth-order valence-electron chi connectivity index (χ4n) is 5.47. The van der Waals surface area contributed by atoms with Gasteiger partial charge in [-0.1, -0.05) is 77.3 Å². The molecule has 0 spiro atoms. The van der Waals surface area contributed by atoms with E-state index in [4.69, 9.17) is 49.0 Å². The Morgan fingerprint density at radius 3 is 2.18 bits per heavy atom. The molecule has 50 heavy (non-hydrogen) atoms. The number of halogens is 3. The fraction of sp³-hybridized carbons (Fsp3) is 0.200. The van der Waals surface area contributed by atoms with Gasteiger partial charge in [0, 0.05) is 60.5 Å². The van der Waals surface area contributed by atoms with E-state index >= 15 is 0 Å². The lowest BCUT2D eigenvalue weighted by atomic mass is 10.1. The number of pyridine rings is 1. The van der Waals surface area contributed by atoms with Gasteiger partial charge in [-0.25, -0.2) is 4.98 Å². The summed E-state index contributed by atoms with van der Waals surface area (Å²) in [5.41, 5.74) is 4.85. The molecule has 6 rings (SSSR count). The topological polar surface area (TPSA) is 64.1 Å². The van der Waals surface area contributed by atoms with E-state index in [9.17, 15) is 4.79 Å². The number of aromatic nitrogens is 1. The molecule has 1 aromatic heterocycles. The largest absolute Gasteiger partial charge is 0.489 e. The van der Waals surface area contributed by atoms with E-state index in [1.165, 1.54) is 5.56 Å². The summed E-state index contributed by atoms with van der Waals surface area (Å²) in [6.07, 6.45) is 4.99. The summed E-state index contributed by atoms with van der Waals surface area (Å²) >= 11 is 18.8. The fourth-order valence-corrected chi connectivity index (χ4v) is 6.10. The number of carbonyl (C=O) groups is 1. The van der Waals surface area contributed by atoms with Gasteiger partial charge in [0.2, 0.25) is 11.8 Å². The van der Waals surface area contributed by atoms with Gasteiger partial charge < -0.3 is 19.1 Å². The van der Waals surface area contributed by atoms with E-state index in [-0.39, 0.29) is 5.91 Å². The molecule has 0 radical (unpaired) electrons. The third-order valence-corrected chi connectivity index (χ3v) is 9.17. The molecule has 0 unspecified atom stereocenters. The van der Waals surface area contributed by atoms with Crippen LogP contribution in [0.5, 0.6) is 23.1 Å². The summed E-state index contributed by atoms with van der Waals surface area (Å²) in [5.74, 6) is 2.25. The first-order chi connectivity index (χ1) is 24.3. The maximum atomic E-state index is 13.0. The van der Waals surface area contributed by atoms with Crippen LogP contribution in [0.2, 0.25) is 15.1 Å². The van der Waals surface area contributed by atoms with Crippen LogP contribution >= 0.6 is 34.8 Å². The number of hydrogen-bond acceptors (Lipinski definition) is 6. The van der Waals surface area contributed by atoms with Crippen molar-refractivity contribution in [3.63, 3.8) is 0 Å². The van der Waals surface area contributed by atoms with Crippen molar-refractivity contribution in [2.24, 2.45) is 0 Å². The number of benzene rings is 4. The molecule has 1 amide bonds. The van der Waals surface area contributed by atoms with E-state index in [2.05, 4.69) is 34.1 Å². The molecule has 1 saturated heterocycles. The number of piperazine rings is 1. The Balaban J connectivity index is 0.949. The van der Waals surface area contributed by atoms with Crippen LogP contribution in [-0.2, 0) is 24.6 Å². The summed E-state index contributed by atoms with van der Waals surface area (Å²) < 4.78 is 17.7. The van der Waals surface area contributed by atoms with Gasteiger partial charge in [-0.15, -0.1) is 0 Å².